The molecule has 9 aromatic rings. The molecule has 9 rings (SSSR count). The van der Waals surface area contributed by atoms with Gasteiger partial charge in [-0.15, -0.1) is 0 Å². The van der Waals surface area contributed by atoms with Gasteiger partial charge in [-0.3, -0.25) is 0 Å². The average Bonchev–Trinajstić information content (AvgIpc) is 3.60. The zero-order valence-electron chi connectivity index (χ0n) is 22.0. The normalized spacial score (nSPS) is 11.9. The van der Waals surface area contributed by atoms with Gasteiger partial charge in [-0.2, -0.15) is 0 Å². The number of thiophene rings is 1. The Hall–Kier alpha value is -4.40. The van der Waals surface area contributed by atoms with Crippen molar-refractivity contribution < 1.29 is 0 Å². The van der Waals surface area contributed by atoms with E-state index in [9.17, 15) is 0 Å². The molecule has 0 unspecified atom stereocenters. The molecule has 0 saturated carbocycles. The van der Waals surface area contributed by atoms with Gasteiger partial charge in [0, 0.05) is 0 Å². The number of hydrogen-bond donors (Lipinski definition) is 0. The van der Waals surface area contributed by atoms with Crippen molar-refractivity contribution in [2.24, 2.45) is 0 Å². The number of fused-ring (bicyclic) bond motifs is 10. The van der Waals surface area contributed by atoms with Gasteiger partial charge in [0.1, 0.15) is 0 Å². The van der Waals surface area contributed by atoms with E-state index in [-0.39, 0.29) is 14.5 Å². The number of rotatable bonds is 3. The number of hydrogen-bond acceptors (Lipinski definition) is 2. The summed E-state index contributed by atoms with van der Waals surface area (Å²) in [6, 6.07) is 51.5. The van der Waals surface area contributed by atoms with E-state index in [2.05, 4.69) is 144 Å². The molecule has 0 radical (unpaired) electrons. The monoisotopic (exact) mass is 605 g/mol. The van der Waals surface area contributed by atoms with Crippen molar-refractivity contribution in [1.82, 2.24) is 0 Å². The van der Waals surface area contributed by atoms with Gasteiger partial charge in [0.25, 0.3) is 0 Å². The summed E-state index contributed by atoms with van der Waals surface area (Å²) in [7, 11) is 0. The van der Waals surface area contributed by atoms with Crippen LogP contribution in [-0.2, 0) is 0 Å². The maximum atomic E-state index is 2.44. The fourth-order valence-electron chi connectivity index (χ4n) is 6.36. The Morgan fingerprint density at radius 1 is 0.488 bits per heavy atom. The number of benzene rings is 7. The first-order chi connectivity index (χ1) is 20.3. The van der Waals surface area contributed by atoms with Gasteiger partial charge in [-0.05, 0) is 0 Å². The molecule has 7 aromatic carbocycles. The molecule has 192 valence electrons. The molecule has 0 amide bonds. The topological polar surface area (TPSA) is 3.24 Å². The molecular formula is C38H23NSSe. The van der Waals surface area contributed by atoms with Crippen molar-refractivity contribution in [3.8, 4) is 0 Å². The van der Waals surface area contributed by atoms with E-state index in [1.807, 2.05) is 11.3 Å². The number of nitrogens with zero attached hydrogens (tertiary/aromatic N) is 1. The molecule has 0 fully saturated rings. The van der Waals surface area contributed by atoms with Gasteiger partial charge in [-0.1, -0.05) is 0 Å². The van der Waals surface area contributed by atoms with Gasteiger partial charge in [-0.25, -0.2) is 0 Å². The van der Waals surface area contributed by atoms with Crippen LogP contribution >= 0.6 is 11.3 Å². The van der Waals surface area contributed by atoms with Gasteiger partial charge < -0.3 is 0 Å². The van der Waals surface area contributed by atoms with Crippen molar-refractivity contribution in [1.29, 1.82) is 0 Å². The van der Waals surface area contributed by atoms with Gasteiger partial charge in [0.2, 0.25) is 0 Å². The molecular weight excluding hydrogens is 581 g/mol. The molecule has 2 aromatic heterocycles. The summed E-state index contributed by atoms with van der Waals surface area (Å²) in [4.78, 5) is 2.44. The third kappa shape index (κ3) is 3.54. The van der Waals surface area contributed by atoms with Gasteiger partial charge in [0.05, 0.1) is 0 Å². The Labute approximate surface area is 247 Å². The molecule has 0 atom stereocenters. The zero-order valence-corrected chi connectivity index (χ0v) is 24.6. The molecule has 0 aliphatic heterocycles. The minimum absolute atomic E-state index is 0.289. The zero-order chi connectivity index (χ0) is 26.9. The Balaban J connectivity index is 1.36. The SMILES string of the molecule is c1ccc(N(c2ccc3ccc4ccc5c6ccccc6[se]c5c4c3c2)c2cccc3c2sc2ccccc23)cc1. The molecule has 0 N–H and O–H groups in total. The van der Waals surface area contributed by atoms with Crippen LogP contribution < -0.4 is 4.90 Å². The van der Waals surface area contributed by atoms with Crippen LogP contribution in [0.25, 0.3) is 61.0 Å². The number of para-hydroxylation sites is 1. The van der Waals surface area contributed by atoms with Crippen molar-refractivity contribution in [3.63, 3.8) is 0 Å². The first kappa shape index (κ1) is 23.3. The van der Waals surface area contributed by atoms with E-state index < -0.39 is 0 Å². The van der Waals surface area contributed by atoms with Crippen molar-refractivity contribution in [2.45, 2.75) is 0 Å². The molecule has 1 nitrogen and oxygen atoms in total. The van der Waals surface area contributed by atoms with E-state index in [1.54, 1.807) is 0 Å². The predicted octanol–water partition coefficient (Wildman–Crippen LogP) is 11.2. The van der Waals surface area contributed by atoms with Crippen LogP contribution in [0.2, 0.25) is 0 Å². The van der Waals surface area contributed by atoms with Crippen LogP contribution in [0.5, 0.6) is 0 Å². The van der Waals surface area contributed by atoms with Gasteiger partial charge in [0.15, 0.2) is 0 Å². The quantitative estimate of drug-likeness (QED) is 0.143. The minimum atomic E-state index is 0.289. The molecule has 41 heavy (non-hydrogen) atoms. The van der Waals surface area contributed by atoms with Crippen LogP contribution in [0.15, 0.2) is 140 Å². The second kappa shape index (κ2) is 9.06. The molecule has 2 heterocycles. The summed E-state index contributed by atoms with van der Waals surface area (Å²) in [6.45, 7) is 0. The number of anilines is 3. The van der Waals surface area contributed by atoms with Crippen molar-refractivity contribution >= 4 is 104 Å². The second-order valence-electron chi connectivity index (χ2n) is 10.5. The molecule has 0 saturated heterocycles. The Kier molecular flexibility index (Phi) is 5.15. The van der Waals surface area contributed by atoms with Crippen LogP contribution in [-0.4, -0.2) is 14.5 Å². The summed E-state index contributed by atoms with van der Waals surface area (Å²) in [5.41, 5.74) is 3.57. The Bertz CT molecular complexity index is 2430. The molecule has 0 bridgehead atoms. The molecule has 0 spiro atoms. The van der Waals surface area contributed by atoms with E-state index in [0.29, 0.717) is 0 Å². The summed E-state index contributed by atoms with van der Waals surface area (Å²) in [5, 5.41) is 10.8. The molecule has 0 aliphatic carbocycles. The first-order valence-electron chi connectivity index (χ1n) is 13.9. The third-order valence-electron chi connectivity index (χ3n) is 8.22. The Morgan fingerprint density at radius 2 is 1.22 bits per heavy atom. The van der Waals surface area contributed by atoms with Gasteiger partial charge >= 0.3 is 248 Å². The van der Waals surface area contributed by atoms with E-state index in [4.69, 9.17) is 0 Å². The summed E-state index contributed by atoms with van der Waals surface area (Å²) in [5.74, 6) is 0. The van der Waals surface area contributed by atoms with E-state index >= 15 is 0 Å². The van der Waals surface area contributed by atoms with E-state index in [1.165, 1.54) is 78.1 Å². The summed E-state index contributed by atoms with van der Waals surface area (Å²) < 4.78 is 5.63. The van der Waals surface area contributed by atoms with Crippen molar-refractivity contribution in [2.75, 3.05) is 4.90 Å². The first-order valence-corrected chi connectivity index (χ1v) is 16.4. The Morgan fingerprint density at radius 3 is 2.15 bits per heavy atom. The van der Waals surface area contributed by atoms with Crippen LogP contribution in [0.4, 0.5) is 17.1 Å². The van der Waals surface area contributed by atoms with Crippen LogP contribution in [0.3, 0.4) is 0 Å². The third-order valence-corrected chi connectivity index (χ3v) is 12.0. The summed E-state index contributed by atoms with van der Waals surface area (Å²) in [6.07, 6.45) is 0. The standard InChI is InChI=1S/C38H23NSSe/c1-2-9-26(10-3-1)39(33-14-8-13-30-28-11-4-6-15-34(28)40-37(30)33)27-21-19-24-17-18-25-20-22-31-29-12-5-7-16-35(29)41-38(31)36(25)32(24)23-27/h1-23H. The van der Waals surface area contributed by atoms with Crippen molar-refractivity contribution in [3.05, 3.63) is 140 Å². The van der Waals surface area contributed by atoms with Crippen LogP contribution in [0, 0.1) is 0 Å². The summed E-state index contributed by atoms with van der Waals surface area (Å²) >= 11 is 2.17. The fourth-order valence-corrected chi connectivity index (χ4v) is 10.2. The fraction of sp³-hybridized carbons (Fsp3) is 0. The molecule has 3 heteroatoms. The average molecular weight is 605 g/mol. The van der Waals surface area contributed by atoms with Crippen LogP contribution in [0.1, 0.15) is 0 Å². The molecule has 0 aliphatic rings. The second-order valence-corrected chi connectivity index (χ2v) is 13.8. The van der Waals surface area contributed by atoms with E-state index in [0.717, 1.165) is 0 Å². The predicted molar refractivity (Wildman–Crippen MR) is 181 cm³/mol. The maximum absolute atomic E-state index is 2.44.